The highest BCUT2D eigenvalue weighted by molar-refractivity contribution is 9.10. The van der Waals surface area contributed by atoms with Gasteiger partial charge in [-0.15, -0.1) is 0 Å². The summed E-state index contributed by atoms with van der Waals surface area (Å²) in [5.74, 6) is 0.928. The molecule has 1 heterocycles. The van der Waals surface area contributed by atoms with Crippen molar-refractivity contribution in [2.75, 3.05) is 20.2 Å². The normalized spacial score (nSPS) is 12.8. The SMILES string of the molecule is CCN(C)C(=O)NCc1cc(Br)cc2c1OCC2. The molecule has 0 atom stereocenters. The molecule has 2 rings (SSSR count). The summed E-state index contributed by atoms with van der Waals surface area (Å²) in [6, 6.07) is 4.01. The van der Waals surface area contributed by atoms with Gasteiger partial charge >= 0.3 is 6.03 Å². The molecule has 1 aromatic rings. The molecule has 1 aliphatic rings. The van der Waals surface area contributed by atoms with Crippen molar-refractivity contribution in [3.63, 3.8) is 0 Å². The standard InChI is InChI=1S/C13H17BrN2O2/c1-3-16(2)13(17)15-8-10-7-11(14)6-9-4-5-18-12(9)10/h6-7H,3-5,8H2,1-2H3,(H,15,17). The lowest BCUT2D eigenvalue weighted by atomic mass is 10.1. The van der Waals surface area contributed by atoms with Crippen LogP contribution in [0.2, 0.25) is 0 Å². The van der Waals surface area contributed by atoms with E-state index in [4.69, 9.17) is 4.74 Å². The highest BCUT2D eigenvalue weighted by atomic mass is 79.9. The van der Waals surface area contributed by atoms with E-state index in [0.717, 1.165) is 28.8 Å². The van der Waals surface area contributed by atoms with Gasteiger partial charge in [-0.2, -0.15) is 0 Å². The van der Waals surface area contributed by atoms with Crippen molar-refractivity contribution in [2.45, 2.75) is 19.9 Å². The Kier molecular flexibility index (Phi) is 4.11. The van der Waals surface area contributed by atoms with Gasteiger partial charge in [0.25, 0.3) is 0 Å². The zero-order chi connectivity index (χ0) is 13.1. The zero-order valence-electron chi connectivity index (χ0n) is 10.6. The molecule has 5 heteroatoms. The maximum atomic E-state index is 11.7. The second kappa shape index (κ2) is 5.61. The molecule has 1 aliphatic heterocycles. The molecule has 0 unspecified atom stereocenters. The molecule has 0 saturated heterocycles. The minimum absolute atomic E-state index is 0.0655. The topological polar surface area (TPSA) is 41.6 Å². The van der Waals surface area contributed by atoms with Gasteiger partial charge in [0.2, 0.25) is 0 Å². The summed E-state index contributed by atoms with van der Waals surface area (Å²) < 4.78 is 6.65. The number of urea groups is 1. The number of hydrogen-bond donors (Lipinski definition) is 1. The Morgan fingerprint density at radius 2 is 2.33 bits per heavy atom. The van der Waals surface area contributed by atoms with Crippen LogP contribution >= 0.6 is 15.9 Å². The van der Waals surface area contributed by atoms with Crippen LogP contribution in [0.15, 0.2) is 16.6 Å². The first-order valence-electron chi connectivity index (χ1n) is 6.05. The van der Waals surface area contributed by atoms with E-state index in [-0.39, 0.29) is 6.03 Å². The number of nitrogens with one attached hydrogen (secondary N) is 1. The molecule has 0 bridgehead atoms. The molecule has 0 radical (unpaired) electrons. The van der Waals surface area contributed by atoms with Crippen LogP contribution in [0.5, 0.6) is 5.75 Å². The number of carbonyl (C=O) groups excluding carboxylic acids is 1. The summed E-state index contributed by atoms with van der Waals surface area (Å²) in [6.07, 6.45) is 0.935. The van der Waals surface area contributed by atoms with E-state index in [9.17, 15) is 4.79 Å². The first kappa shape index (κ1) is 13.2. The summed E-state index contributed by atoms with van der Waals surface area (Å²) >= 11 is 3.49. The minimum atomic E-state index is -0.0655. The predicted octanol–water partition coefficient (Wildman–Crippen LogP) is 2.55. The van der Waals surface area contributed by atoms with Crippen molar-refractivity contribution in [1.82, 2.24) is 10.2 Å². The average Bonchev–Trinajstić information content (AvgIpc) is 2.82. The van der Waals surface area contributed by atoms with Crippen LogP contribution in [-0.4, -0.2) is 31.1 Å². The highest BCUT2D eigenvalue weighted by Gasteiger charge is 2.18. The van der Waals surface area contributed by atoms with Gasteiger partial charge in [-0.05, 0) is 24.6 Å². The van der Waals surface area contributed by atoms with Crippen molar-refractivity contribution >= 4 is 22.0 Å². The number of amides is 2. The van der Waals surface area contributed by atoms with Gasteiger partial charge in [-0.25, -0.2) is 4.79 Å². The van der Waals surface area contributed by atoms with Crippen molar-refractivity contribution in [2.24, 2.45) is 0 Å². The fourth-order valence-corrected chi connectivity index (χ4v) is 2.48. The van der Waals surface area contributed by atoms with Crippen molar-refractivity contribution in [3.05, 3.63) is 27.7 Å². The van der Waals surface area contributed by atoms with Crippen LogP contribution in [0.1, 0.15) is 18.1 Å². The van der Waals surface area contributed by atoms with Crippen LogP contribution in [0.3, 0.4) is 0 Å². The zero-order valence-corrected chi connectivity index (χ0v) is 12.2. The smallest absolute Gasteiger partial charge is 0.317 e. The molecule has 1 aromatic carbocycles. The Balaban J connectivity index is 2.08. The number of carbonyl (C=O) groups is 1. The summed E-state index contributed by atoms with van der Waals surface area (Å²) in [4.78, 5) is 13.3. The van der Waals surface area contributed by atoms with Gasteiger partial charge in [0.1, 0.15) is 5.75 Å². The van der Waals surface area contributed by atoms with Gasteiger partial charge in [-0.1, -0.05) is 15.9 Å². The fourth-order valence-electron chi connectivity index (χ4n) is 1.93. The Bertz CT molecular complexity index is 463. The largest absolute Gasteiger partial charge is 0.493 e. The van der Waals surface area contributed by atoms with Gasteiger partial charge in [-0.3, -0.25) is 0 Å². The third-order valence-electron chi connectivity index (χ3n) is 3.08. The van der Waals surface area contributed by atoms with E-state index < -0.39 is 0 Å². The molecule has 0 spiro atoms. The summed E-state index contributed by atoms with van der Waals surface area (Å²) in [5, 5.41) is 2.89. The average molecular weight is 313 g/mol. The Morgan fingerprint density at radius 1 is 1.56 bits per heavy atom. The Morgan fingerprint density at radius 3 is 3.06 bits per heavy atom. The first-order valence-corrected chi connectivity index (χ1v) is 6.84. The number of rotatable bonds is 3. The Hall–Kier alpha value is -1.23. The number of nitrogens with zero attached hydrogens (tertiary/aromatic N) is 1. The fraction of sp³-hybridized carbons (Fsp3) is 0.462. The quantitative estimate of drug-likeness (QED) is 0.932. The second-order valence-electron chi connectivity index (χ2n) is 4.32. The number of hydrogen-bond acceptors (Lipinski definition) is 2. The molecule has 0 aliphatic carbocycles. The van der Waals surface area contributed by atoms with Gasteiger partial charge in [0.05, 0.1) is 6.61 Å². The number of fused-ring (bicyclic) bond motifs is 1. The van der Waals surface area contributed by atoms with Crippen LogP contribution in [0, 0.1) is 0 Å². The number of ether oxygens (including phenoxy) is 1. The molecule has 98 valence electrons. The molecule has 18 heavy (non-hydrogen) atoms. The molecule has 4 nitrogen and oxygen atoms in total. The lowest BCUT2D eigenvalue weighted by molar-refractivity contribution is 0.210. The molecule has 2 amide bonds. The third-order valence-corrected chi connectivity index (χ3v) is 3.53. The van der Waals surface area contributed by atoms with Gasteiger partial charge in [0.15, 0.2) is 0 Å². The van der Waals surface area contributed by atoms with Gasteiger partial charge < -0.3 is 15.0 Å². The van der Waals surface area contributed by atoms with Crippen LogP contribution in [-0.2, 0) is 13.0 Å². The molecule has 0 fully saturated rings. The third kappa shape index (κ3) is 2.77. The minimum Gasteiger partial charge on any atom is -0.493 e. The summed E-state index contributed by atoms with van der Waals surface area (Å²) in [7, 11) is 1.77. The van der Waals surface area contributed by atoms with Gasteiger partial charge in [0, 0.05) is 36.6 Å². The maximum Gasteiger partial charge on any atom is 0.317 e. The molecule has 1 N–H and O–H groups in total. The van der Waals surface area contributed by atoms with E-state index >= 15 is 0 Å². The van der Waals surface area contributed by atoms with Crippen molar-refractivity contribution in [3.8, 4) is 5.75 Å². The van der Waals surface area contributed by atoms with Crippen molar-refractivity contribution in [1.29, 1.82) is 0 Å². The van der Waals surface area contributed by atoms with Crippen molar-refractivity contribution < 1.29 is 9.53 Å². The van der Waals surface area contributed by atoms with E-state index in [1.54, 1.807) is 11.9 Å². The number of halogens is 1. The molecule has 0 saturated carbocycles. The summed E-state index contributed by atoms with van der Waals surface area (Å²) in [6.45, 7) is 3.85. The predicted molar refractivity (Wildman–Crippen MR) is 73.9 cm³/mol. The number of benzene rings is 1. The van der Waals surface area contributed by atoms with E-state index in [1.807, 2.05) is 13.0 Å². The maximum absolute atomic E-state index is 11.7. The van der Waals surface area contributed by atoms with Crippen LogP contribution < -0.4 is 10.1 Å². The van der Waals surface area contributed by atoms with E-state index in [2.05, 4.69) is 27.3 Å². The lowest BCUT2D eigenvalue weighted by Gasteiger charge is -2.16. The monoisotopic (exact) mass is 312 g/mol. The second-order valence-corrected chi connectivity index (χ2v) is 5.24. The van der Waals surface area contributed by atoms with Crippen LogP contribution in [0.4, 0.5) is 4.79 Å². The molecular weight excluding hydrogens is 296 g/mol. The Labute approximate surface area is 115 Å². The summed E-state index contributed by atoms with van der Waals surface area (Å²) in [5.41, 5.74) is 2.23. The first-order chi connectivity index (χ1) is 8.61. The highest BCUT2D eigenvalue weighted by Crippen LogP contribution is 2.32. The van der Waals surface area contributed by atoms with E-state index in [0.29, 0.717) is 13.1 Å². The van der Waals surface area contributed by atoms with Crippen LogP contribution in [0.25, 0.3) is 0 Å². The lowest BCUT2D eigenvalue weighted by Crippen LogP contribution is -2.36. The van der Waals surface area contributed by atoms with E-state index in [1.165, 1.54) is 5.56 Å². The molecule has 0 aromatic heterocycles. The molecular formula is C13H17BrN2O2.